The minimum atomic E-state index is -3.95. The molecule has 1 aromatic rings. The zero-order valence-corrected chi connectivity index (χ0v) is 12.6. The Labute approximate surface area is 123 Å². The minimum Gasteiger partial charge on any atom is -0.319 e. The molecule has 8 heteroatoms. The Balaban J connectivity index is 0.00000200. The van der Waals surface area contributed by atoms with E-state index in [4.69, 9.17) is 0 Å². The molecule has 0 radical (unpaired) electrons. The van der Waals surface area contributed by atoms with Crippen molar-refractivity contribution in [2.75, 3.05) is 26.7 Å². The van der Waals surface area contributed by atoms with Gasteiger partial charge in [-0.3, -0.25) is 0 Å². The van der Waals surface area contributed by atoms with Crippen LogP contribution in [0.3, 0.4) is 0 Å². The van der Waals surface area contributed by atoms with E-state index in [1.54, 1.807) is 7.05 Å². The van der Waals surface area contributed by atoms with E-state index in [-0.39, 0.29) is 18.3 Å². The first kappa shape index (κ1) is 17.3. The van der Waals surface area contributed by atoms with Crippen LogP contribution in [-0.2, 0) is 10.0 Å². The van der Waals surface area contributed by atoms with Gasteiger partial charge in [0.15, 0.2) is 0 Å². The van der Waals surface area contributed by atoms with Gasteiger partial charge in [0, 0.05) is 13.1 Å². The predicted octanol–water partition coefficient (Wildman–Crippen LogP) is 1.62. The lowest BCUT2D eigenvalue weighted by atomic mass is 10.1. The first-order valence-corrected chi connectivity index (χ1v) is 7.49. The monoisotopic (exact) mass is 326 g/mol. The van der Waals surface area contributed by atoms with Crippen LogP contribution in [0.2, 0.25) is 0 Å². The molecule has 1 aromatic carbocycles. The molecule has 1 atom stereocenters. The first-order valence-electron chi connectivity index (χ1n) is 6.05. The van der Waals surface area contributed by atoms with E-state index >= 15 is 0 Å². The van der Waals surface area contributed by atoms with Crippen LogP contribution >= 0.6 is 12.4 Å². The van der Waals surface area contributed by atoms with Crippen molar-refractivity contribution in [1.82, 2.24) is 9.62 Å². The van der Waals surface area contributed by atoms with Gasteiger partial charge in [0.25, 0.3) is 0 Å². The summed E-state index contributed by atoms with van der Waals surface area (Å²) in [5.41, 5.74) is 0. The fourth-order valence-corrected chi connectivity index (χ4v) is 3.89. The van der Waals surface area contributed by atoms with Crippen molar-refractivity contribution in [3.05, 3.63) is 29.8 Å². The summed E-state index contributed by atoms with van der Waals surface area (Å²) >= 11 is 0. The van der Waals surface area contributed by atoms with Gasteiger partial charge >= 0.3 is 0 Å². The molecule has 1 unspecified atom stereocenters. The normalized spacial score (nSPS) is 19.9. The summed E-state index contributed by atoms with van der Waals surface area (Å²) in [4.78, 5) is -0.586. The van der Waals surface area contributed by atoms with Crippen molar-refractivity contribution in [3.63, 3.8) is 0 Å². The summed E-state index contributed by atoms with van der Waals surface area (Å²) in [5.74, 6) is -1.47. The highest BCUT2D eigenvalue weighted by atomic mass is 35.5. The SMILES string of the molecule is CNCC1CCN(S(=O)(=O)c2cc(F)ccc2F)C1.Cl. The van der Waals surface area contributed by atoms with Crippen molar-refractivity contribution in [1.29, 1.82) is 0 Å². The zero-order chi connectivity index (χ0) is 14.0. The third-order valence-corrected chi connectivity index (χ3v) is 5.13. The lowest BCUT2D eigenvalue weighted by Gasteiger charge is -2.17. The van der Waals surface area contributed by atoms with E-state index in [0.29, 0.717) is 19.6 Å². The second-order valence-corrected chi connectivity index (χ2v) is 6.56. The van der Waals surface area contributed by atoms with E-state index < -0.39 is 26.6 Å². The van der Waals surface area contributed by atoms with Crippen LogP contribution in [0.25, 0.3) is 0 Å². The Bertz CT molecular complexity index is 569. The summed E-state index contributed by atoms with van der Waals surface area (Å²) in [6.45, 7) is 1.38. The van der Waals surface area contributed by atoms with Crippen molar-refractivity contribution in [2.24, 2.45) is 5.92 Å². The number of rotatable bonds is 4. The molecular weight excluding hydrogens is 310 g/mol. The second-order valence-electron chi connectivity index (χ2n) is 4.65. The highest BCUT2D eigenvalue weighted by Crippen LogP contribution is 2.26. The Morgan fingerprint density at radius 2 is 2.10 bits per heavy atom. The molecule has 1 N–H and O–H groups in total. The van der Waals surface area contributed by atoms with Crippen LogP contribution in [0, 0.1) is 17.6 Å². The van der Waals surface area contributed by atoms with Crippen LogP contribution in [0.4, 0.5) is 8.78 Å². The van der Waals surface area contributed by atoms with E-state index in [0.717, 1.165) is 24.6 Å². The number of nitrogens with zero attached hydrogens (tertiary/aromatic N) is 1. The molecule has 2 rings (SSSR count). The average molecular weight is 327 g/mol. The fourth-order valence-electron chi connectivity index (χ4n) is 2.28. The van der Waals surface area contributed by atoms with Gasteiger partial charge < -0.3 is 5.32 Å². The standard InChI is InChI=1S/C12H16F2N2O2S.ClH/c1-15-7-9-4-5-16(8-9)19(17,18)12-6-10(13)2-3-11(12)14;/h2-3,6,9,15H,4-5,7-8H2,1H3;1H. The molecule has 0 amide bonds. The van der Waals surface area contributed by atoms with Gasteiger partial charge in [0.05, 0.1) is 0 Å². The molecule has 1 aliphatic heterocycles. The van der Waals surface area contributed by atoms with Crippen LogP contribution in [0.15, 0.2) is 23.1 Å². The van der Waals surface area contributed by atoms with Crippen molar-refractivity contribution in [3.8, 4) is 0 Å². The molecule has 0 aliphatic carbocycles. The number of benzene rings is 1. The summed E-state index contributed by atoms with van der Waals surface area (Å²) in [6.07, 6.45) is 0.719. The lowest BCUT2D eigenvalue weighted by molar-refractivity contribution is 0.445. The van der Waals surface area contributed by atoms with Gasteiger partial charge in [-0.2, -0.15) is 4.31 Å². The summed E-state index contributed by atoms with van der Waals surface area (Å²) in [7, 11) is -2.16. The molecule has 1 heterocycles. The molecule has 0 saturated carbocycles. The molecule has 4 nitrogen and oxygen atoms in total. The molecule has 20 heavy (non-hydrogen) atoms. The van der Waals surface area contributed by atoms with Gasteiger partial charge in [0.1, 0.15) is 16.5 Å². The van der Waals surface area contributed by atoms with Crippen LogP contribution in [0.5, 0.6) is 0 Å². The molecular formula is C12H17ClF2N2O2S. The maximum atomic E-state index is 13.6. The first-order chi connectivity index (χ1) is 8.95. The van der Waals surface area contributed by atoms with Crippen molar-refractivity contribution < 1.29 is 17.2 Å². The Kier molecular flexibility index (Phi) is 5.88. The average Bonchev–Trinajstić information content (AvgIpc) is 2.82. The van der Waals surface area contributed by atoms with Crippen molar-refractivity contribution >= 4 is 22.4 Å². The van der Waals surface area contributed by atoms with E-state index in [2.05, 4.69) is 5.32 Å². The van der Waals surface area contributed by atoms with Gasteiger partial charge in [-0.05, 0) is 44.1 Å². The molecule has 0 spiro atoms. The van der Waals surface area contributed by atoms with Crippen molar-refractivity contribution in [2.45, 2.75) is 11.3 Å². The van der Waals surface area contributed by atoms with Crippen LogP contribution in [-0.4, -0.2) is 39.4 Å². The Hall–Kier alpha value is -0.760. The summed E-state index contributed by atoms with van der Waals surface area (Å²) < 4.78 is 52.4. The van der Waals surface area contributed by atoms with E-state index in [1.807, 2.05) is 0 Å². The summed E-state index contributed by atoms with van der Waals surface area (Å²) in [6, 6.07) is 2.47. The fraction of sp³-hybridized carbons (Fsp3) is 0.500. The van der Waals surface area contributed by atoms with Crippen LogP contribution < -0.4 is 5.32 Å². The maximum Gasteiger partial charge on any atom is 0.246 e. The quantitative estimate of drug-likeness (QED) is 0.914. The largest absolute Gasteiger partial charge is 0.319 e. The number of halogens is 3. The zero-order valence-electron chi connectivity index (χ0n) is 11.0. The second kappa shape index (κ2) is 6.80. The maximum absolute atomic E-state index is 13.6. The Morgan fingerprint density at radius 1 is 1.40 bits per heavy atom. The number of nitrogens with one attached hydrogen (secondary N) is 1. The lowest BCUT2D eigenvalue weighted by Crippen LogP contribution is -2.31. The smallest absolute Gasteiger partial charge is 0.246 e. The molecule has 1 fully saturated rings. The van der Waals surface area contributed by atoms with Gasteiger partial charge in [-0.15, -0.1) is 12.4 Å². The highest BCUT2D eigenvalue weighted by molar-refractivity contribution is 7.89. The molecule has 1 saturated heterocycles. The topological polar surface area (TPSA) is 49.4 Å². The molecule has 114 valence electrons. The van der Waals surface area contributed by atoms with Gasteiger partial charge in [-0.1, -0.05) is 0 Å². The van der Waals surface area contributed by atoms with E-state index in [9.17, 15) is 17.2 Å². The third-order valence-electron chi connectivity index (χ3n) is 3.25. The third kappa shape index (κ3) is 3.46. The highest BCUT2D eigenvalue weighted by Gasteiger charge is 2.34. The van der Waals surface area contributed by atoms with Gasteiger partial charge in [-0.25, -0.2) is 17.2 Å². The number of sulfonamides is 1. The predicted molar refractivity (Wildman–Crippen MR) is 74.4 cm³/mol. The number of hydrogen-bond acceptors (Lipinski definition) is 3. The molecule has 0 bridgehead atoms. The van der Waals surface area contributed by atoms with Gasteiger partial charge in [0.2, 0.25) is 10.0 Å². The minimum absolute atomic E-state index is 0. The molecule has 0 aromatic heterocycles. The summed E-state index contributed by atoms with van der Waals surface area (Å²) in [5, 5.41) is 2.99. The van der Waals surface area contributed by atoms with Crippen LogP contribution in [0.1, 0.15) is 6.42 Å². The molecule has 1 aliphatic rings. The Morgan fingerprint density at radius 3 is 2.75 bits per heavy atom. The number of hydrogen-bond donors (Lipinski definition) is 1. The van der Waals surface area contributed by atoms with E-state index in [1.165, 1.54) is 4.31 Å².